The Hall–Kier alpha value is -3.52. The topological polar surface area (TPSA) is 84.2 Å². The SMILES string of the molecule is COc1cc(OC)c2c(=O)cc(C(=O)Nc3ccc(N4CCN(C)CC4)cc3)oc2c1. The summed E-state index contributed by atoms with van der Waals surface area (Å²) in [5, 5.41) is 3.04. The van der Waals surface area contributed by atoms with Gasteiger partial charge in [-0.15, -0.1) is 0 Å². The second kappa shape index (κ2) is 8.69. The Bertz CT molecular complexity index is 1150. The number of likely N-dealkylation sites (N-methyl/N-ethyl adjacent to an activating group) is 1. The molecule has 0 saturated carbocycles. The number of amides is 1. The Labute approximate surface area is 180 Å². The van der Waals surface area contributed by atoms with Crippen LogP contribution < -0.4 is 25.1 Å². The molecule has 0 atom stereocenters. The molecule has 1 aromatic heterocycles. The Balaban J connectivity index is 1.55. The van der Waals surface area contributed by atoms with Crippen molar-refractivity contribution < 1.29 is 18.7 Å². The summed E-state index contributed by atoms with van der Waals surface area (Å²) in [6, 6.07) is 12.0. The Kier molecular flexibility index (Phi) is 5.81. The van der Waals surface area contributed by atoms with Crippen LogP contribution in [0.3, 0.4) is 0 Å². The number of hydrogen-bond acceptors (Lipinski definition) is 7. The van der Waals surface area contributed by atoms with Crippen LogP contribution in [0.2, 0.25) is 0 Å². The zero-order valence-electron chi connectivity index (χ0n) is 17.8. The lowest BCUT2D eigenvalue weighted by Gasteiger charge is -2.34. The molecule has 1 amide bonds. The van der Waals surface area contributed by atoms with Crippen LogP contribution in [-0.2, 0) is 0 Å². The average Bonchev–Trinajstić information content (AvgIpc) is 2.79. The molecule has 0 spiro atoms. The van der Waals surface area contributed by atoms with Crippen molar-refractivity contribution in [1.29, 1.82) is 0 Å². The van der Waals surface area contributed by atoms with Gasteiger partial charge < -0.3 is 29.0 Å². The lowest BCUT2D eigenvalue weighted by atomic mass is 10.2. The molecule has 2 heterocycles. The summed E-state index contributed by atoms with van der Waals surface area (Å²) < 4.78 is 16.2. The van der Waals surface area contributed by atoms with Gasteiger partial charge in [0.15, 0.2) is 11.2 Å². The highest BCUT2D eigenvalue weighted by molar-refractivity contribution is 6.03. The number of piperazine rings is 1. The predicted octanol–water partition coefficient (Wildman–Crippen LogP) is 2.81. The van der Waals surface area contributed by atoms with E-state index in [2.05, 4.69) is 22.2 Å². The van der Waals surface area contributed by atoms with E-state index >= 15 is 0 Å². The minimum atomic E-state index is -0.506. The molecular weight excluding hydrogens is 398 g/mol. The first-order valence-corrected chi connectivity index (χ1v) is 10.0. The van der Waals surface area contributed by atoms with E-state index in [-0.39, 0.29) is 22.2 Å². The van der Waals surface area contributed by atoms with Gasteiger partial charge >= 0.3 is 0 Å². The number of hydrogen-bond donors (Lipinski definition) is 1. The van der Waals surface area contributed by atoms with Crippen LogP contribution in [0.1, 0.15) is 10.6 Å². The molecule has 4 rings (SSSR count). The van der Waals surface area contributed by atoms with E-state index in [1.807, 2.05) is 24.3 Å². The number of methoxy groups -OCH3 is 2. The summed E-state index contributed by atoms with van der Waals surface area (Å²) in [6.07, 6.45) is 0. The molecule has 3 aromatic rings. The molecule has 0 bridgehead atoms. The summed E-state index contributed by atoms with van der Waals surface area (Å²) in [6.45, 7) is 3.98. The van der Waals surface area contributed by atoms with Crippen molar-refractivity contribution in [1.82, 2.24) is 4.90 Å². The molecular formula is C23H25N3O5. The number of benzene rings is 2. The second-order valence-electron chi connectivity index (χ2n) is 7.47. The van der Waals surface area contributed by atoms with E-state index in [4.69, 9.17) is 13.9 Å². The third-order valence-corrected chi connectivity index (χ3v) is 5.44. The lowest BCUT2D eigenvalue weighted by Crippen LogP contribution is -2.44. The smallest absolute Gasteiger partial charge is 0.291 e. The van der Waals surface area contributed by atoms with Crippen molar-refractivity contribution in [2.24, 2.45) is 0 Å². The van der Waals surface area contributed by atoms with Gasteiger partial charge in [0.05, 0.1) is 14.2 Å². The van der Waals surface area contributed by atoms with Crippen LogP contribution >= 0.6 is 0 Å². The summed E-state index contributed by atoms with van der Waals surface area (Å²) >= 11 is 0. The van der Waals surface area contributed by atoms with Gasteiger partial charge in [-0.1, -0.05) is 0 Å². The number of ether oxygens (including phenoxy) is 2. The molecule has 1 N–H and O–H groups in total. The molecule has 1 aliphatic rings. The molecule has 0 radical (unpaired) electrons. The first-order chi connectivity index (χ1) is 15.0. The molecule has 1 saturated heterocycles. The van der Waals surface area contributed by atoms with Gasteiger partial charge in [0.2, 0.25) is 0 Å². The number of nitrogens with zero attached hydrogens (tertiary/aromatic N) is 2. The van der Waals surface area contributed by atoms with Crippen LogP contribution in [0.5, 0.6) is 11.5 Å². The van der Waals surface area contributed by atoms with Gasteiger partial charge in [0.25, 0.3) is 5.91 Å². The second-order valence-corrected chi connectivity index (χ2v) is 7.47. The maximum atomic E-state index is 12.7. The van der Waals surface area contributed by atoms with Gasteiger partial charge in [0.1, 0.15) is 22.5 Å². The van der Waals surface area contributed by atoms with Crippen molar-refractivity contribution in [3.8, 4) is 11.5 Å². The minimum absolute atomic E-state index is 0.0871. The fraction of sp³-hybridized carbons (Fsp3) is 0.304. The van der Waals surface area contributed by atoms with Crippen molar-refractivity contribution in [2.75, 3.05) is 57.7 Å². The predicted molar refractivity (Wildman–Crippen MR) is 120 cm³/mol. The molecule has 1 aliphatic heterocycles. The normalized spacial score (nSPS) is 14.5. The van der Waals surface area contributed by atoms with E-state index in [1.54, 1.807) is 12.1 Å². The number of carbonyl (C=O) groups is 1. The van der Waals surface area contributed by atoms with E-state index in [9.17, 15) is 9.59 Å². The highest BCUT2D eigenvalue weighted by atomic mass is 16.5. The number of rotatable bonds is 5. The lowest BCUT2D eigenvalue weighted by molar-refractivity contribution is 0.0997. The number of fused-ring (bicyclic) bond motifs is 1. The Morgan fingerprint density at radius 3 is 2.35 bits per heavy atom. The molecule has 0 aliphatic carbocycles. The standard InChI is InChI=1S/C23H25N3O5/c1-25-8-10-26(11-9-25)16-6-4-15(5-7-16)24-23(28)21-14-18(27)22-19(30-3)12-17(29-2)13-20(22)31-21/h4-7,12-14H,8-11H2,1-3H3,(H,24,28). The summed E-state index contributed by atoms with van der Waals surface area (Å²) in [5.74, 6) is 0.197. The third kappa shape index (κ3) is 4.34. The summed E-state index contributed by atoms with van der Waals surface area (Å²) in [7, 11) is 5.08. The maximum absolute atomic E-state index is 12.7. The van der Waals surface area contributed by atoms with Crippen LogP contribution in [-0.4, -0.2) is 58.3 Å². The van der Waals surface area contributed by atoms with Crippen molar-refractivity contribution >= 4 is 28.3 Å². The van der Waals surface area contributed by atoms with Crippen LogP contribution in [0.25, 0.3) is 11.0 Å². The summed E-state index contributed by atoms with van der Waals surface area (Å²) in [4.78, 5) is 29.9. The molecule has 8 nitrogen and oxygen atoms in total. The van der Waals surface area contributed by atoms with Gasteiger partial charge in [-0.3, -0.25) is 9.59 Å². The van der Waals surface area contributed by atoms with Crippen LogP contribution in [0.4, 0.5) is 11.4 Å². The monoisotopic (exact) mass is 423 g/mol. The average molecular weight is 423 g/mol. The van der Waals surface area contributed by atoms with Crippen molar-refractivity contribution in [3.63, 3.8) is 0 Å². The number of nitrogens with one attached hydrogen (secondary N) is 1. The maximum Gasteiger partial charge on any atom is 0.291 e. The van der Waals surface area contributed by atoms with Crippen LogP contribution in [0.15, 0.2) is 51.7 Å². The number of carbonyl (C=O) groups excluding carboxylic acids is 1. The van der Waals surface area contributed by atoms with Crippen molar-refractivity contribution in [2.45, 2.75) is 0 Å². The fourth-order valence-corrected chi connectivity index (χ4v) is 3.63. The van der Waals surface area contributed by atoms with Gasteiger partial charge in [0, 0.05) is 55.8 Å². The Morgan fingerprint density at radius 1 is 1.00 bits per heavy atom. The van der Waals surface area contributed by atoms with Gasteiger partial charge in [-0.2, -0.15) is 0 Å². The first-order valence-electron chi connectivity index (χ1n) is 10.0. The largest absolute Gasteiger partial charge is 0.496 e. The molecule has 162 valence electrons. The number of anilines is 2. The van der Waals surface area contributed by atoms with E-state index in [0.29, 0.717) is 17.2 Å². The first kappa shape index (κ1) is 20.7. The molecule has 2 aromatic carbocycles. The zero-order valence-corrected chi connectivity index (χ0v) is 17.8. The quantitative estimate of drug-likeness (QED) is 0.676. The van der Waals surface area contributed by atoms with E-state index < -0.39 is 5.91 Å². The van der Waals surface area contributed by atoms with Crippen molar-refractivity contribution in [3.05, 3.63) is 58.4 Å². The highest BCUT2D eigenvalue weighted by Crippen LogP contribution is 2.29. The van der Waals surface area contributed by atoms with Gasteiger partial charge in [-0.25, -0.2) is 0 Å². The molecule has 0 unspecified atom stereocenters. The highest BCUT2D eigenvalue weighted by Gasteiger charge is 2.18. The van der Waals surface area contributed by atoms with E-state index in [0.717, 1.165) is 31.9 Å². The molecule has 31 heavy (non-hydrogen) atoms. The minimum Gasteiger partial charge on any atom is -0.496 e. The third-order valence-electron chi connectivity index (χ3n) is 5.44. The summed E-state index contributed by atoms with van der Waals surface area (Å²) in [5.41, 5.74) is 1.59. The Morgan fingerprint density at radius 2 is 1.71 bits per heavy atom. The van der Waals surface area contributed by atoms with E-state index in [1.165, 1.54) is 20.3 Å². The van der Waals surface area contributed by atoms with Crippen LogP contribution in [0, 0.1) is 0 Å². The van der Waals surface area contributed by atoms with Gasteiger partial charge in [-0.05, 0) is 31.3 Å². The zero-order chi connectivity index (χ0) is 22.0. The molecule has 8 heteroatoms. The fourth-order valence-electron chi connectivity index (χ4n) is 3.63. The molecule has 1 fully saturated rings.